The highest BCUT2D eigenvalue weighted by atomic mass is 32.1. The van der Waals surface area contributed by atoms with Crippen LogP contribution >= 0.6 is 24.0 Å². The highest BCUT2D eigenvalue weighted by Gasteiger charge is 2.20. The highest BCUT2D eigenvalue weighted by Crippen LogP contribution is 2.40. The van der Waals surface area contributed by atoms with Crippen LogP contribution in [0.15, 0.2) is 66.3 Å². The Morgan fingerprint density at radius 1 is 0.933 bits per heavy atom. The lowest BCUT2D eigenvalue weighted by Crippen LogP contribution is -2.12. The number of thiophene rings is 1. The molecule has 0 saturated carbocycles. The van der Waals surface area contributed by atoms with Crippen LogP contribution in [0.3, 0.4) is 0 Å². The first-order valence-electron chi connectivity index (χ1n) is 9.97. The van der Waals surface area contributed by atoms with E-state index in [0.717, 1.165) is 27.0 Å². The van der Waals surface area contributed by atoms with Gasteiger partial charge >= 0.3 is 0 Å². The average Bonchev–Trinajstić information content (AvgIpc) is 3.10. The molecule has 0 spiro atoms. The Morgan fingerprint density at radius 3 is 2.57 bits per heavy atom. The van der Waals surface area contributed by atoms with Crippen LogP contribution in [0, 0.1) is 0 Å². The fourth-order valence-corrected chi connectivity index (χ4v) is 5.36. The summed E-state index contributed by atoms with van der Waals surface area (Å²) in [5, 5.41) is 6.65. The van der Waals surface area contributed by atoms with Crippen LogP contribution in [0.1, 0.15) is 31.9 Å². The Balaban J connectivity index is 1.83. The van der Waals surface area contributed by atoms with Gasteiger partial charge < -0.3 is 0 Å². The largest absolute Gasteiger partial charge is 0.236 e. The summed E-state index contributed by atoms with van der Waals surface area (Å²) >= 11 is 5.92. The first-order chi connectivity index (χ1) is 14.5. The van der Waals surface area contributed by atoms with Crippen LogP contribution in [0.25, 0.3) is 48.4 Å². The molecule has 4 heteroatoms. The molecule has 0 fully saturated rings. The SMILES string of the molecule is CC(C)(C)c1cc(-c2ncnc3sc4cc(/C=C\S)ccc4c23)cc2ccccc12. The molecule has 0 aliphatic rings. The number of rotatable bonds is 2. The second-order valence-electron chi connectivity index (χ2n) is 8.57. The van der Waals surface area contributed by atoms with E-state index < -0.39 is 0 Å². The zero-order valence-corrected chi connectivity index (χ0v) is 18.9. The maximum Gasteiger partial charge on any atom is 0.128 e. The summed E-state index contributed by atoms with van der Waals surface area (Å²) in [5.41, 5.74) is 4.65. The molecule has 0 aliphatic heterocycles. The van der Waals surface area contributed by atoms with E-state index in [2.05, 4.69) is 93.0 Å². The highest BCUT2D eigenvalue weighted by molar-refractivity contribution is 7.83. The van der Waals surface area contributed by atoms with Gasteiger partial charge in [0.05, 0.1) is 5.69 Å². The third kappa shape index (κ3) is 3.21. The van der Waals surface area contributed by atoms with Crippen molar-refractivity contribution in [3.8, 4) is 11.3 Å². The molecule has 0 N–H and O–H groups in total. The van der Waals surface area contributed by atoms with Gasteiger partial charge in [-0.2, -0.15) is 12.6 Å². The van der Waals surface area contributed by atoms with E-state index in [1.165, 1.54) is 26.4 Å². The fraction of sp³-hybridized carbons (Fsp3) is 0.154. The first-order valence-corrected chi connectivity index (χ1v) is 11.3. The number of fused-ring (bicyclic) bond motifs is 4. The fourth-order valence-electron chi connectivity index (χ4n) is 4.10. The van der Waals surface area contributed by atoms with Crippen LogP contribution in [-0.2, 0) is 5.41 Å². The first kappa shape index (κ1) is 19.3. The molecule has 0 bridgehead atoms. The molecular formula is C26H22N2S2. The van der Waals surface area contributed by atoms with Crippen LogP contribution in [0.5, 0.6) is 0 Å². The summed E-state index contributed by atoms with van der Waals surface area (Å²) in [6.07, 6.45) is 3.69. The Morgan fingerprint density at radius 2 is 1.77 bits per heavy atom. The molecule has 0 amide bonds. The van der Waals surface area contributed by atoms with Crippen molar-refractivity contribution in [1.82, 2.24) is 9.97 Å². The summed E-state index contributed by atoms with van der Waals surface area (Å²) in [4.78, 5) is 10.4. The van der Waals surface area contributed by atoms with Crippen molar-refractivity contribution in [2.75, 3.05) is 0 Å². The lowest BCUT2D eigenvalue weighted by atomic mass is 9.82. The Kier molecular flexibility index (Phi) is 4.64. The summed E-state index contributed by atoms with van der Waals surface area (Å²) in [6, 6.07) is 19.7. The minimum Gasteiger partial charge on any atom is -0.236 e. The van der Waals surface area contributed by atoms with Crippen LogP contribution in [-0.4, -0.2) is 9.97 Å². The lowest BCUT2D eigenvalue weighted by Gasteiger charge is -2.22. The molecule has 0 unspecified atom stereocenters. The maximum atomic E-state index is 4.76. The van der Waals surface area contributed by atoms with Crippen molar-refractivity contribution in [3.05, 3.63) is 77.5 Å². The van der Waals surface area contributed by atoms with Crippen molar-refractivity contribution >= 4 is 61.1 Å². The van der Waals surface area contributed by atoms with Gasteiger partial charge in [0.2, 0.25) is 0 Å². The molecule has 0 saturated heterocycles. The monoisotopic (exact) mass is 426 g/mol. The Hall–Kier alpha value is -2.69. The van der Waals surface area contributed by atoms with E-state index in [4.69, 9.17) is 4.98 Å². The van der Waals surface area contributed by atoms with Gasteiger partial charge in [0.25, 0.3) is 0 Å². The smallest absolute Gasteiger partial charge is 0.128 e. The topological polar surface area (TPSA) is 25.8 Å². The Labute approximate surface area is 185 Å². The van der Waals surface area contributed by atoms with Gasteiger partial charge in [-0.15, -0.1) is 11.3 Å². The van der Waals surface area contributed by atoms with Crippen molar-refractivity contribution in [1.29, 1.82) is 0 Å². The van der Waals surface area contributed by atoms with E-state index in [9.17, 15) is 0 Å². The van der Waals surface area contributed by atoms with E-state index in [1.807, 2.05) is 6.08 Å². The molecule has 30 heavy (non-hydrogen) atoms. The molecule has 0 aliphatic carbocycles. The molecule has 0 radical (unpaired) electrons. The third-order valence-corrected chi connectivity index (χ3v) is 6.71. The molecule has 148 valence electrons. The third-order valence-electron chi connectivity index (χ3n) is 5.50. The van der Waals surface area contributed by atoms with E-state index >= 15 is 0 Å². The van der Waals surface area contributed by atoms with Crippen LogP contribution in [0.2, 0.25) is 0 Å². The summed E-state index contributed by atoms with van der Waals surface area (Å²) in [5.74, 6) is 0. The number of thiol groups is 1. The van der Waals surface area contributed by atoms with Crippen molar-refractivity contribution in [2.45, 2.75) is 26.2 Å². The summed E-state index contributed by atoms with van der Waals surface area (Å²) in [7, 11) is 0. The number of hydrogen-bond donors (Lipinski definition) is 1. The molecule has 0 atom stereocenters. The molecule has 5 aromatic rings. The number of benzene rings is 3. The van der Waals surface area contributed by atoms with E-state index in [-0.39, 0.29) is 5.41 Å². The number of nitrogens with zero attached hydrogens (tertiary/aromatic N) is 2. The molecule has 2 aromatic heterocycles. The molecule has 3 aromatic carbocycles. The van der Waals surface area contributed by atoms with Gasteiger partial charge in [0.1, 0.15) is 11.2 Å². The van der Waals surface area contributed by atoms with Crippen molar-refractivity contribution < 1.29 is 0 Å². The average molecular weight is 427 g/mol. The predicted octanol–water partition coefficient (Wildman–Crippen LogP) is 7.86. The maximum absolute atomic E-state index is 4.76. The standard InChI is InChI=1S/C26H22N2S2/c1-26(2,3)21-14-18(13-17-6-4-5-7-19(17)21)24-23-20-9-8-16(10-11-29)12-22(20)30-25(23)28-15-27-24/h4-15,29H,1-3H3/b11-10-. The zero-order valence-electron chi connectivity index (χ0n) is 17.2. The lowest BCUT2D eigenvalue weighted by molar-refractivity contribution is 0.596. The minimum absolute atomic E-state index is 0.0343. The van der Waals surface area contributed by atoms with Gasteiger partial charge in [-0.3, -0.25) is 0 Å². The van der Waals surface area contributed by atoms with Gasteiger partial charge in [-0.25, -0.2) is 9.97 Å². The van der Waals surface area contributed by atoms with E-state index in [1.54, 1.807) is 23.1 Å². The summed E-state index contributed by atoms with van der Waals surface area (Å²) in [6.45, 7) is 6.81. The van der Waals surface area contributed by atoms with Gasteiger partial charge in [0, 0.05) is 21.0 Å². The second kappa shape index (κ2) is 7.22. The molecule has 2 heterocycles. The van der Waals surface area contributed by atoms with Crippen LogP contribution < -0.4 is 0 Å². The normalized spacial score (nSPS) is 12.5. The van der Waals surface area contributed by atoms with Crippen molar-refractivity contribution in [2.24, 2.45) is 0 Å². The van der Waals surface area contributed by atoms with Crippen LogP contribution in [0.4, 0.5) is 0 Å². The predicted molar refractivity (Wildman–Crippen MR) is 135 cm³/mol. The molecular weight excluding hydrogens is 404 g/mol. The van der Waals surface area contributed by atoms with Gasteiger partial charge in [-0.05, 0) is 57.0 Å². The quantitative estimate of drug-likeness (QED) is 0.291. The second-order valence-corrected chi connectivity index (χ2v) is 9.90. The van der Waals surface area contributed by atoms with E-state index in [0.29, 0.717) is 0 Å². The minimum atomic E-state index is 0.0343. The summed E-state index contributed by atoms with van der Waals surface area (Å²) < 4.78 is 1.22. The van der Waals surface area contributed by atoms with Crippen molar-refractivity contribution in [3.63, 3.8) is 0 Å². The number of hydrogen-bond acceptors (Lipinski definition) is 4. The number of aromatic nitrogens is 2. The van der Waals surface area contributed by atoms with Gasteiger partial charge in [-0.1, -0.05) is 57.2 Å². The molecule has 2 nitrogen and oxygen atoms in total. The zero-order chi connectivity index (χ0) is 20.9. The van der Waals surface area contributed by atoms with Gasteiger partial charge in [0.15, 0.2) is 0 Å². The Bertz CT molecular complexity index is 1440. The molecule has 5 rings (SSSR count).